The van der Waals surface area contributed by atoms with E-state index in [4.69, 9.17) is 4.74 Å². The van der Waals surface area contributed by atoms with Crippen LogP contribution in [0.25, 0.3) is 10.8 Å². The molecule has 0 aliphatic rings. The van der Waals surface area contributed by atoms with Gasteiger partial charge in [0, 0.05) is 19.8 Å². The second-order valence-electron chi connectivity index (χ2n) is 5.70. The zero-order chi connectivity index (χ0) is 16.2. The van der Waals surface area contributed by atoms with E-state index in [0.29, 0.717) is 5.56 Å². The molecule has 0 atom stereocenters. The van der Waals surface area contributed by atoms with Gasteiger partial charge in [-0.3, -0.25) is 0 Å². The third-order valence-corrected chi connectivity index (χ3v) is 3.80. The lowest BCUT2D eigenvalue weighted by atomic mass is 10.1. The Morgan fingerprint density at radius 3 is 2.30 bits per heavy atom. The second kappa shape index (κ2) is 6.53. The van der Waals surface area contributed by atoms with Crippen LogP contribution in [0, 0.1) is 0 Å². The lowest BCUT2D eigenvalue weighted by Gasteiger charge is -2.12. The fourth-order valence-corrected chi connectivity index (χ4v) is 2.46. The number of nitrogens with zero attached hydrogens (tertiary/aromatic N) is 1. The summed E-state index contributed by atoms with van der Waals surface area (Å²) in [4.78, 5) is 14.1. The van der Waals surface area contributed by atoms with Gasteiger partial charge in [0.05, 0.1) is 5.56 Å². The van der Waals surface area contributed by atoms with Crippen LogP contribution in [-0.4, -0.2) is 20.1 Å². The molecule has 0 saturated heterocycles. The van der Waals surface area contributed by atoms with Gasteiger partial charge in [0.15, 0.2) is 0 Å². The van der Waals surface area contributed by atoms with Crippen molar-refractivity contribution in [2.75, 3.05) is 19.0 Å². The lowest BCUT2D eigenvalue weighted by molar-refractivity contribution is 0.0473. The molecule has 116 valence electrons. The van der Waals surface area contributed by atoms with E-state index in [9.17, 15) is 4.79 Å². The number of ether oxygens (including phenoxy) is 1. The Balaban J connectivity index is 1.67. The van der Waals surface area contributed by atoms with Crippen LogP contribution in [-0.2, 0) is 11.3 Å². The molecular weight excluding hydrogens is 286 g/mol. The minimum atomic E-state index is -0.302. The first-order chi connectivity index (χ1) is 11.1. The molecule has 0 heterocycles. The monoisotopic (exact) mass is 305 g/mol. The number of carbonyl (C=O) groups is 1. The molecule has 3 heteroatoms. The number of carbonyl (C=O) groups excluding carboxylic acids is 1. The van der Waals surface area contributed by atoms with E-state index in [1.54, 1.807) is 12.1 Å². The summed E-state index contributed by atoms with van der Waals surface area (Å²) in [7, 11) is 3.93. The highest BCUT2D eigenvalue weighted by Crippen LogP contribution is 2.17. The Morgan fingerprint density at radius 1 is 0.913 bits per heavy atom. The third-order valence-electron chi connectivity index (χ3n) is 3.80. The van der Waals surface area contributed by atoms with Crippen molar-refractivity contribution in [2.24, 2.45) is 0 Å². The number of hydrogen-bond acceptors (Lipinski definition) is 3. The molecule has 0 bridgehead atoms. The molecule has 0 fully saturated rings. The number of hydrogen-bond donors (Lipinski definition) is 0. The van der Waals surface area contributed by atoms with Gasteiger partial charge in [-0.25, -0.2) is 4.79 Å². The summed E-state index contributed by atoms with van der Waals surface area (Å²) in [6.07, 6.45) is 0. The summed E-state index contributed by atoms with van der Waals surface area (Å²) in [5.74, 6) is -0.302. The van der Waals surface area contributed by atoms with Gasteiger partial charge in [0.2, 0.25) is 0 Å². The van der Waals surface area contributed by atoms with Gasteiger partial charge in [-0.2, -0.15) is 0 Å². The predicted molar refractivity (Wildman–Crippen MR) is 93.8 cm³/mol. The van der Waals surface area contributed by atoms with Gasteiger partial charge in [-0.05, 0) is 46.7 Å². The van der Waals surface area contributed by atoms with E-state index in [-0.39, 0.29) is 12.6 Å². The van der Waals surface area contributed by atoms with Crippen molar-refractivity contribution >= 4 is 22.4 Å². The van der Waals surface area contributed by atoms with Crippen molar-refractivity contribution in [3.63, 3.8) is 0 Å². The van der Waals surface area contributed by atoms with Crippen molar-refractivity contribution in [2.45, 2.75) is 6.61 Å². The van der Waals surface area contributed by atoms with Gasteiger partial charge in [0.1, 0.15) is 6.61 Å². The SMILES string of the molecule is CN(C)c1ccc(C(=O)OCc2ccc3ccccc3c2)cc1. The van der Waals surface area contributed by atoms with Crippen molar-refractivity contribution in [1.82, 2.24) is 0 Å². The van der Waals surface area contributed by atoms with E-state index >= 15 is 0 Å². The largest absolute Gasteiger partial charge is 0.457 e. The van der Waals surface area contributed by atoms with Gasteiger partial charge in [0.25, 0.3) is 0 Å². The standard InChI is InChI=1S/C20H19NO2/c1-21(2)19-11-9-17(10-12-19)20(22)23-14-15-7-8-16-5-3-4-6-18(16)13-15/h3-13H,14H2,1-2H3. The smallest absolute Gasteiger partial charge is 0.338 e. The van der Waals surface area contributed by atoms with E-state index in [1.165, 1.54) is 5.39 Å². The average molecular weight is 305 g/mol. The molecule has 23 heavy (non-hydrogen) atoms. The number of fused-ring (bicyclic) bond motifs is 1. The predicted octanol–water partition coefficient (Wildman–Crippen LogP) is 4.26. The molecule has 0 aliphatic carbocycles. The van der Waals surface area contributed by atoms with Gasteiger partial charge < -0.3 is 9.64 Å². The Kier molecular flexibility index (Phi) is 4.29. The van der Waals surface area contributed by atoms with Crippen molar-refractivity contribution in [1.29, 1.82) is 0 Å². The minimum Gasteiger partial charge on any atom is -0.457 e. The summed E-state index contributed by atoms with van der Waals surface area (Å²) in [6, 6.07) is 21.6. The first-order valence-electron chi connectivity index (χ1n) is 7.56. The van der Waals surface area contributed by atoms with E-state index in [0.717, 1.165) is 16.6 Å². The maximum Gasteiger partial charge on any atom is 0.338 e. The van der Waals surface area contributed by atoms with Crippen LogP contribution in [0.1, 0.15) is 15.9 Å². The van der Waals surface area contributed by atoms with Crippen LogP contribution in [0.5, 0.6) is 0 Å². The van der Waals surface area contributed by atoms with Gasteiger partial charge >= 0.3 is 5.97 Å². The van der Waals surface area contributed by atoms with Gasteiger partial charge in [-0.15, -0.1) is 0 Å². The van der Waals surface area contributed by atoms with E-state index in [1.807, 2.05) is 55.4 Å². The molecule has 0 spiro atoms. The maximum atomic E-state index is 12.1. The molecule has 0 N–H and O–H groups in total. The Labute approximate surface area is 136 Å². The molecule has 0 aromatic heterocycles. The highest BCUT2D eigenvalue weighted by molar-refractivity contribution is 5.90. The maximum absolute atomic E-state index is 12.1. The lowest BCUT2D eigenvalue weighted by Crippen LogP contribution is -2.09. The fraction of sp³-hybridized carbons (Fsp3) is 0.150. The molecule has 0 amide bonds. The minimum absolute atomic E-state index is 0.277. The van der Waals surface area contributed by atoms with Crippen LogP contribution < -0.4 is 4.90 Å². The summed E-state index contributed by atoms with van der Waals surface area (Å²) < 4.78 is 5.41. The number of rotatable bonds is 4. The van der Waals surface area contributed by atoms with Crippen LogP contribution in [0.15, 0.2) is 66.7 Å². The van der Waals surface area contributed by atoms with Crippen molar-refractivity contribution in [3.8, 4) is 0 Å². The Bertz CT molecular complexity index is 822. The molecular formula is C20H19NO2. The number of benzene rings is 3. The summed E-state index contributed by atoms with van der Waals surface area (Å²) in [5.41, 5.74) is 2.61. The number of anilines is 1. The molecule has 3 rings (SSSR count). The molecule has 0 radical (unpaired) electrons. The molecule has 3 nitrogen and oxygen atoms in total. The van der Waals surface area contributed by atoms with E-state index in [2.05, 4.69) is 18.2 Å². The Morgan fingerprint density at radius 2 is 1.61 bits per heavy atom. The highest BCUT2D eigenvalue weighted by Gasteiger charge is 2.08. The third kappa shape index (κ3) is 3.51. The van der Waals surface area contributed by atoms with Crippen molar-refractivity contribution in [3.05, 3.63) is 77.9 Å². The molecule has 0 saturated carbocycles. The summed E-state index contributed by atoms with van der Waals surface area (Å²) in [6.45, 7) is 0.277. The summed E-state index contributed by atoms with van der Waals surface area (Å²) >= 11 is 0. The van der Waals surface area contributed by atoms with Crippen molar-refractivity contribution < 1.29 is 9.53 Å². The zero-order valence-electron chi connectivity index (χ0n) is 13.3. The normalized spacial score (nSPS) is 10.5. The Hall–Kier alpha value is -2.81. The molecule has 0 aliphatic heterocycles. The fourth-order valence-electron chi connectivity index (χ4n) is 2.46. The van der Waals surface area contributed by atoms with E-state index < -0.39 is 0 Å². The van der Waals surface area contributed by atoms with Crippen LogP contribution in [0.4, 0.5) is 5.69 Å². The average Bonchev–Trinajstić information content (AvgIpc) is 2.59. The van der Waals surface area contributed by atoms with Crippen LogP contribution in [0.2, 0.25) is 0 Å². The van der Waals surface area contributed by atoms with Crippen LogP contribution in [0.3, 0.4) is 0 Å². The highest BCUT2D eigenvalue weighted by atomic mass is 16.5. The van der Waals surface area contributed by atoms with Crippen LogP contribution >= 0.6 is 0 Å². The molecule has 0 unspecified atom stereocenters. The second-order valence-corrected chi connectivity index (χ2v) is 5.70. The molecule has 3 aromatic carbocycles. The first kappa shape index (κ1) is 15.1. The first-order valence-corrected chi connectivity index (χ1v) is 7.56. The zero-order valence-corrected chi connectivity index (χ0v) is 13.3. The van der Waals surface area contributed by atoms with Gasteiger partial charge in [-0.1, -0.05) is 36.4 Å². The topological polar surface area (TPSA) is 29.5 Å². The number of esters is 1. The molecule has 3 aromatic rings. The quantitative estimate of drug-likeness (QED) is 0.674. The summed E-state index contributed by atoms with van der Waals surface area (Å²) in [5, 5.41) is 2.33.